The molecule has 2 amide bonds. The van der Waals surface area contributed by atoms with Crippen molar-refractivity contribution in [2.45, 2.75) is 12.8 Å². The number of anilines is 1. The Morgan fingerprint density at radius 2 is 1.83 bits per heavy atom. The van der Waals surface area contributed by atoms with E-state index in [9.17, 15) is 14.0 Å². The van der Waals surface area contributed by atoms with Gasteiger partial charge in [-0.05, 0) is 37.1 Å². The van der Waals surface area contributed by atoms with Gasteiger partial charge in [0.15, 0.2) is 5.78 Å². The van der Waals surface area contributed by atoms with Crippen molar-refractivity contribution in [3.05, 3.63) is 47.9 Å². The first kappa shape index (κ1) is 16.2. The fraction of sp³-hybridized carbons (Fsp3) is 0.353. The van der Waals surface area contributed by atoms with Gasteiger partial charge in [0.1, 0.15) is 11.6 Å². The number of likely N-dealkylation sites (tertiary alicyclic amines) is 1. The highest BCUT2D eigenvalue weighted by molar-refractivity contribution is 5.98. The third kappa shape index (κ3) is 3.45. The number of amides is 2. The second-order valence-corrected chi connectivity index (χ2v) is 5.90. The lowest BCUT2D eigenvalue weighted by Crippen LogP contribution is -2.42. The molecule has 0 spiro atoms. The maximum atomic E-state index is 12.9. The van der Waals surface area contributed by atoms with Gasteiger partial charge in [-0.2, -0.15) is 5.10 Å². The van der Waals surface area contributed by atoms with E-state index >= 15 is 0 Å². The molecule has 0 atom stereocenters. The predicted molar refractivity (Wildman–Crippen MR) is 87.3 cm³/mol. The average molecular weight is 330 g/mol. The summed E-state index contributed by atoms with van der Waals surface area (Å²) in [7, 11) is 1.75. The Balaban J connectivity index is 1.55. The number of urea groups is 1. The van der Waals surface area contributed by atoms with Crippen LogP contribution < -0.4 is 5.32 Å². The van der Waals surface area contributed by atoms with E-state index in [0.29, 0.717) is 37.3 Å². The zero-order chi connectivity index (χ0) is 17.1. The molecule has 7 heteroatoms. The normalized spacial score (nSPS) is 15.3. The lowest BCUT2D eigenvalue weighted by Gasteiger charge is -2.31. The van der Waals surface area contributed by atoms with Crippen molar-refractivity contribution in [1.29, 1.82) is 0 Å². The third-order valence-corrected chi connectivity index (χ3v) is 4.34. The molecule has 1 aromatic carbocycles. The summed E-state index contributed by atoms with van der Waals surface area (Å²) in [6.07, 6.45) is 2.83. The number of nitrogens with one attached hydrogen (secondary N) is 1. The van der Waals surface area contributed by atoms with Crippen molar-refractivity contribution in [3.63, 3.8) is 0 Å². The van der Waals surface area contributed by atoms with Gasteiger partial charge in [0, 0.05) is 37.7 Å². The maximum absolute atomic E-state index is 12.9. The van der Waals surface area contributed by atoms with Crippen LogP contribution in [-0.2, 0) is 7.05 Å². The number of piperidine rings is 1. The Morgan fingerprint density at radius 1 is 1.17 bits per heavy atom. The topological polar surface area (TPSA) is 67.2 Å². The number of aromatic nitrogens is 2. The van der Waals surface area contributed by atoms with Gasteiger partial charge in [-0.25, -0.2) is 9.18 Å². The lowest BCUT2D eigenvalue weighted by molar-refractivity contribution is 0.0859. The van der Waals surface area contributed by atoms with Crippen LogP contribution in [0.25, 0.3) is 0 Å². The molecule has 0 bridgehead atoms. The minimum Gasteiger partial charge on any atom is -0.324 e. The van der Waals surface area contributed by atoms with Crippen LogP contribution in [0, 0.1) is 11.7 Å². The van der Waals surface area contributed by atoms with Gasteiger partial charge >= 0.3 is 6.03 Å². The molecule has 2 heterocycles. The number of nitrogens with zero attached hydrogens (tertiary/aromatic N) is 3. The van der Waals surface area contributed by atoms with Gasteiger partial charge in [0.2, 0.25) is 0 Å². The third-order valence-electron chi connectivity index (χ3n) is 4.34. The van der Waals surface area contributed by atoms with E-state index in [0.717, 1.165) is 0 Å². The first-order chi connectivity index (χ1) is 11.5. The molecule has 1 fully saturated rings. The van der Waals surface area contributed by atoms with Crippen LogP contribution in [0.3, 0.4) is 0 Å². The summed E-state index contributed by atoms with van der Waals surface area (Å²) in [5.41, 5.74) is 0.522. The van der Waals surface area contributed by atoms with Crippen molar-refractivity contribution < 1.29 is 14.0 Å². The Kier molecular flexibility index (Phi) is 4.59. The van der Waals surface area contributed by atoms with Gasteiger partial charge in [0.05, 0.1) is 6.20 Å². The molecule has 1 aromatic heterocycles. The fourth-order valence-electron chi connectivity index (χ4n) is 2.88. The molecule has 6 nitrogen and oxygen atoms in total. The van der Waals surface area contributed by atoms with Gasteiger partial charge < -0.3 is 4.90 Å². The highest BCUT2D eigenvalue weighted by Gasteiger charge is 2.28. The molecule has 1 aliphatic rings. The Labute approximate surface area is 139 Å². The zero-order valence-corrected chi connectivity index (χ0v) is 13.4. The molecule has 3 rings (SSSR count). The van der Waals surface area contributed by atoms with Gasteiger partial charge in [-0.15, -0.1) is 0 Å². The van der Waals surface area contributed by atoms with Gasteiger partial charge in [0.25, 0.3) is 0 Å². The summed E-state index contributed by atoms with van der Waals surface area (Å²) >= 11 is 0. The second kappa shape index (κ2) is 6.82. The molecule has 0 unspecified atom stereocenters. The minimum atomic E-state index is -0.354. The summed E-state index contributed by atoms with van der Waals surface area (Å²) in [6.45, 7) is 1.03. The van der Waals surface area contributed by atoms with Crippen molar-refractivity contribution in [2.24, 2.45) is 13.0 Å². The Bertz CT molecular complexity index is 733. The molecule has 0 aliphatic carbocycles. The van der Waals surface area contributed by atoms with Gasteiger partial charge in [-0.1, -0.05) is 0 Å². The summed E-state index contributed by atoms with van der Waals surface area (Å²) < 4.78 is 14.5. The monoisotopic (exact) mass is 330 g/mol. The summed E-state index contributed by atoms with van der Waals surface area (Å²) in [5.74, 6) is 0.163. The smallest absolute Gasteiger partial charge is 0.322 e. The number of carbonyl (C=O) groups is 2. The maximum Gasteiger partial charge on any atom is 0.322 e. The average Bonchev–Trinajstić information content (AvgIpc) is 3.00. The van der Waals surface area contributed by atoms with Gasteiger partial charge in [-0.3, -0.25) is 14.8 Å². The number of rotatable bonds is 3. The Hall–Kier alpha value is -2.70. The van der Waals surface area contributed by atoms with Crippen molar-refractivity contribution in [1.82, 2.24) is 14.7 Å². The Morgan fingerprint density at radius 3 is 2.42 bits per heavy atom. The zero-order valence-electron chi connectivity index (χ0n) is 13.4. The van der Waals surface area contributed by atoms with Crippen LogP contribution in [0.4, 0.5) is 15.0 Å². The number of carbonyl (C=O) groups excluding carboxylic acids is 2. The molecule has 126 valence electrons. The summed E-state index contributed by atoms with van der Waals surface area (Å²) in [4.78, 5) is 26.4. The second-order valence-electron chi connectivity index (χ2n) is 5.90. The number of hydrogen-bond donors (Lipinski definition) is 1. The number of benzene rings is 1. The number of aryl methyl sites for hydroxylation is 1. The highest BCUT2D eigenvalue weighted by atomic mass is 19.1. The lowest BCUT2D eigenvalue weighted by atomic mass is 9.89. The standard InChI is InChI=1S/C17H19FN4O2/c1-21-15(6-9-19-21)20-17(24)22-10-7-13(8-11-22)16(23)12-2-4-14(18)5-3-12/h2-6,9,13H,7-8,10-11H2,1H3,(H,20,24). The molecule has 0 saturated carbocycles. The summed E-state index contributed by atoms with van der Waals surface area (Å²) in [5, 5.41) is 6.80. The van der Waals surface area contributed by atoms with Crippen LogP contribution in [0.1, 0.15) is 23.2 Å². The van der Waals surface area contributed by atoms with E-state index in [-0.39, 0.29) is 23.5 Å². The number of hydrogen-bond acceptors (Lipinski definition) is 3. The molecular weight excluding hydrogens is 311 g/mol. The number of ketones is 1. The molecule has 1 aliphatic heterocycles. The van der Waals surface area contributed by atoms with Crippen LogP contribution in [-0.4, -0.2) is 39.6 Å². The number of Topliss-reactive ketones (excluding diaryl/α,β-unsaturated/α-hetero) is 1. The molecule has 1 N–H and O–H groups in total. The number of halogens is 1. The molecule has 24 heavy (non-hydrogen) atoms. The fourth-order valence-corrected chi connectivity index (χ4v) is 2.88. The van der Waals surface area contributed by atoms with Crippen molar-refractivity contribution in [2.75, 3.05) is 18.4 Å². The minimum absolute atomic E-state index is 0.0155. The van der Waals surface area contributed by atoms with E-state index < -0.39 is 0 Å². The predicted octanol–water partition coefficient (Wildman–Crippen LogP) is 2.69. The van der Waals surface area contributed by atoms with E-state index in [1.54, 1.807) is 28.9 Å². The van der Waals surface area contributed by atoms with Crippen LogP contribution in [0.15, 0.2) is 36.5 Å². The van der Waals surface area contributed by atoms with Crippen LogP contribution in [0.5, 0.6) is 0 Å². The largest absolute Gasteiger partial charge is 0.324 e. The van der Waals surface area contributed by atoms with E-state index in [2.05, 4.69) is 10.4 Å². The van der Waals surface area contributed by atoms with Crippen molar-refractivity contribution in [3.8, 4) is 0 Å². The first-order valence-electron chi connectivity index (χ1n) is 7.88. The molecule has 2 aromatic rings. The molecule has 1 saturated heterocycles. The van der Waals surface area contributed by atoms with E-state index in [1.807, 2.05) is 0 Å². The first-order valence-corrected chi connectivity index (χ1v) is 7.88. The SMILES string of the molecule is Cn1nccc1NC(=O)N1CCC(C(=O)c2ccc(F)cc2)CC1. The van der Waals surface area contributed by atoms with Crippen LogP contribution >= 0.6 is 0 Å². The molecule has 0 radical (unpaired) electrons. The van der Waals surface area contributed by atoms with Crippen molar-refractivity contribution >= 4 is 17.6 Å². The summed E-state index contributed by atoms with van der Waals surface area (Å²) in [6, 6.07) is 7.15. The van der Waals surface area contributed by atoms with E-state index in [4.69, 9.17) is 0 Å². The molecular formula is C17H19FN4O2. The highest BCUT2D eigenvalue weighted by Crippen LogP contribution is 2.22. The quantitative estimate of drug-likeness (QED) is 0.880. The van der Waals surface area contributed by atoms with E-state index in [1.165, 1.54) is 24.3 Å². The van der Waals surface area contributed by atoms with Crippen LogP contribution in [0.2, 0.25) is 0 Å².